The van der Waals surface area contributed by atoms with E-state index >= 15 is 0 Å². The quantitative estimate of drug-likeness (QED) is 0.474. The maximum Gasteiger partial charge on any atom is 0.243 e. The molecule has 0 bridgehead atoms. The van der Waals surface area contributed by atoms with E-state index in [4.69, 9.17) is 4.74 Å². The number of likely N-dealkylation sites (N-methyl/N-ethyl adjacent to an activating group) is 2. The van der Waals surface area contributed by atoms with E-state index in [1.165, 1.54) is 30.8 Å². The van der Waals surface area contributed by atoms with Crippen molar-refractivity contribution in [3.05, 3.63) is 58.1 Å². The largest absolute Gasteiger partial charge is 0.497 e. The first-order chi connectivity index (χ1) is 17.8. The van der Waals surface area contributed by atoms with E-state index in [9.17, 15) is 18.0 Å². The minimum atomic E-state index is -3.68. The van der Waals surface area contributed by atoms with Gasteiger partial charge in [0.1, 0.15) is 11.5 Å². The van der Waals surface area contributed by atoms with Crippen molar-refractivity contribution >= 4 is 21.7 Å². The van der Waals surface area contributed by atoms with Crippen LogP contribution in [0.2, 0.25) is 0 Å². The summed E-state index contributed by atoms with van der Waals surface area (Å²) in [6.07, 6.45) is 2.24. The Hall–Kier alpha value is -2.75. The number of fused-ring (bicyclic) bond motifs is 1. The third-order valence-corrected chi connectivity index (χ3v) is 8.81. The van der Waals surface area contributed by atoms with Crippen LogP contribution in [0, 0.1) is 13.8 Å². The topological polar surface area (TPSA) is 87.2 Å². The van der Waals surface area contributed by atoms with Crippen molar-refractivity contribution in [3.8, 4) is 5.75 Å². The highest BCUT2D eigenvalue weighted by atomic mass is 32.2. The molecule has 0 atom stereocenters. The van der Waals surface area contributed by atoms with Gasteiger partial charge in [-0.25, -0.2) is 8.42 Å². The summed E-state index contributed by atoms with van der Waals surface area (Å²) in [7, 11) is 3.29. The molecule has 210 valence electrons. The molecule has 0 fully saturated rings. The van der Waals surface area contributed by atoms with Gasteiger partial charge in [0.25, 0.3) is 0 Å². The molecule has 0 saturated carbocycles. The lowest BCUT2D eigenvalue weighted by atomic mass is 9.97. The summed E-state index contributed by atoms with van der Waals surface area (Å²) in [6.45, 7) is 9.71. The van der Waals surface area contributed by atoms with Crippen molar-refractivity contribution in [1.29, 1.82) is 0 Å². The van der Waals surface area contributed by atoms with E-state index in [0.29, 0.717) is 36.3 Å². The number of benzene rings is 2. The Morgan fingerprint density at radius 1 is 1.05 bits per heavy atom. The average Bonchev–Trinajstić information content (AvgIpc) is 2.83. The minimum Gasteiger partial charge on any atom is -0.497 e. The van der Waals surface area contributed by atoms with Crippen LogP contribution in [0.5, 0.6) is 5.75 Å². The van der Waals surface area contributed by atoms with E-state index in [1.807, 2.05) is 14.0 Å². The summed E-state index contributed by atoms with van der Waals surface area (Å²) in [6, 6.07) is 9.96. The van der Waals surface area contributed by atoms with E-state index in [1.54, 1.807) is 37.8 Å². The number of ether oxygens (including phenoxy) is 1. The van der Waals surface area contributed by atoms with Crippen LogP contribution < -0.4 is 4.74 Å². The standard InChI is InChI=1S/C15H23NO4S.C14H20N2O/c1-6-7-13(17)10-16(4)21(18,19)15-11(2)8-14(20-5)9-12(15)3;1-11(17)16(3)9-12-4-5-13-6-7-15(2)10-14(13)8-12/h8-9H,6-7,10H2,1-5H3;4-5,8H,6-7,9-10H2,1-3H3. The van der Waals surface area contributed by atoms with Crippen LogP contribution in [0.4, 0.5) is 0 Å². The summed E-state index contributed by atoms with van der Waals surface area (Å²) in [4.78, 5) is 27.2. The number of rotatable bonds is 9. The molecule has 0 aliphatic carbocycles. The van der Waals surface area contributed by atoms with Crippen molar-refractivity contribution in [2.24, 2.45) is 0 Å². The molecule has 2 aromatic rings. The number of Topliss-reactive ketones (excluding diaryl/α,β-unsaturated/α-hetero) is 1. The molecular formula is C29H43N3O5S. The number of aryl methyl sites for hydroxylation is 2. The fourth-order valence-corrected chi connectivity index (χ4v) is 6.07. The Labute approximate surface area is 228 Å². The van der Waals surface area contributed by atoms with Crippen LogP contribution >= 0.6 is 0 Å². The van der Waals surface area contributed by atoms with Crippen molar-refractivity contribution in [1.82, 2.24) is 14.1 Å². The molecule has 0 spiro atoms. The zero-order valence-electron chi connectivity index (χ0n) is 24.1. The van der Waals surface area contributed by atoms with E-state index in [-0.39, 0.29) is 23.1 Å². The predicted octanol–water partition coefficient (Wildman–Crippen LogP) is 3.95. The normalized spacial score (nSPS) is 13.4. The Morgan fingerprint density at radius 2 is 1.68 bits per heavy atom. The zero-order valence-corrected chi connectivity index (χ0v) is 24.9. The smallest absolute Gasteiger partial charge is 0.243 e. The number of ketones is 1. The maximum absolute atomic E-state index is 12.6. The van der Waals surface area contributed by atoms with Gasteiger partial charge in [-0.1, -0.05) is 25.1 Å². The molecule has 0 N–H and O–H groups in total. The highest BCUT2D eigenvalue weighted by molar-refractivity contribution is 7.89. The first-order valence-corrected chi connectivity index (χ1v) is 14.4. The average molecular weight is 546 g/mol. The number of nitrogens with zero attached hydrogens (tertiary/aromatic N) is 3. The van der Waals surface area contributed by atoms with Gasteiger partial charge >= 0.3 is 0 Å². The molecule has 1 aliphatic rings. The fraction of sp³-hybridized carbons (Fsp3) is 0.517. The molecule has 8 nitrogen and oxygen atoms in total. The Kier molecular flexibility index (Phi) is 11.5. The highest BCUT2D eigenvalue weighted by Gasteiger charge is 2.26. The number of carbonyl (C=O) groups excluding carboxylic acids is 2. The summed E-state index contributed by atoms with van der Waals surface area (Å²) < 4.78 is 31.5. The van der Waals surface area contributed by atoms with Gasteiger partial charge in [-0.05, 0) is 73.7 Å². The van der Waals surface area contributed by atoms with E-state index in [2.05, 4.69) is 30.1 Å². The second-order valence-electron chi connectivity index (χ2n) is 10.1. The summed E-state index contributed by atoms with van der Waals surface area (Å²) in [5.41, 5.74) is 5.31. The van der Waals surface area contributed by atoms with Crippen LogP contribution in [0.1, 0.15) is 54.5 Å². The Morgan fingerprint density at radius 3 is 2.24 bits per heavy atom. The molecule has 0 saturated heterocycles. The number of methoxy groups -OCH3 is 1. The molecule has 1 aliphatic heterocycles. The first-order valence-electron chi connectivity index (χ1n) is 12.9. The van der Waals surface area contributed by atoms with Gasteiger partial charge in [-0.2, -0.15) is 4.31 Å². The van der Waals surface area contributed by atoms with Crippen molar-refractivity contribution in [2.45, 2.75) is 64.9 Å². The van der Waals surface area contributed by atoms with Crippen LogP contribution in [-0.2, 0) is 39.1 Å². The highest BCUT2D eigenvalue weighted by Crippen LogP contribution is 2.27. The third kappa shape index (κ3) is 8.38. The lowest BCUT2D eigenvalue weighted by Gasteiger charge is -2.26. The maximum atomic E-state index is 12.6. The van der Waals surface area contributed by atoms with Gasteiger partial charge in [0, 0.05) is 47.1 Å². The summed E-state index contributed by atoms with van der Waals surface area (Å²) in [5.74, 6) is 0.654. The van der Waals surface area contributed by atoms with Crippen molar-refractivity contribution < 1.29 is 22.7 Å². The lowest BCUT2D eigenvalue weighted by molar-refractivity contribution is -0.128. The summed E-state index contributed by atoms with van der Waals surface area (Å²) in [5, 5.41) is 0. The minimum absolute atomic E-state index is 0.0765. The van der Waals surface area contributed by atoms with Gasteiger partial charge in [0.05, 0.1) is 18.6 Å². The van der Waals surface area contributed by atoms with Crippen molar-refractivity contribution in [2.75, 3.05) is 41.3 Å². The molecular weight excluding hydrogens is 502 g/mol. The summed E-state index contributed by atoms with van der Waals surface area (Å²) >= 11 is 0. The number of amides is 1. The van der Waals surface area contributed by atoms with Crippen LogP contribution in [0.25, 0.3) is 0 Å². The number of sulfonamides is 1. The molecule has 0 radical (unpaired) electrons. The second-order valence-corrected chi connectivity index (χ2v) is 12.1. The molecule has 1 amide bonds. The lowest BCUT2D eigenvalue weighted by Crippen LogP contribution is -2.33. The van der Waals surface area contributed by atoms with Crippen LogP contribution in [0.15, 0.2) is 35.2 Å². The van der Waals surface area contributed by atoms with Crippen molar-refractivity contribution in [3.63, 3.8) is 0 Å². The van der Waals surface area contributed by atoms with Gasteiger partial charge in [0.2, 0.25) is 15.9 Å². The first kappa shape index (κ1) is 31.5. The third-order valence-electron chi connectivity index (χ3n) is 6.70. The van der Waals surface area contributed by atoms with E-state index < -0.39 is 10.0 Å². The molecule has 38 heavy (non-hydrogen) atoms. The molecule has 2 aromatic carbocycles. The molecule has 0 unspecified atom stereocenters. The zero-order chi connectivity index (χ0) is 28.6. The number of hydrogen-bond donors (Lipinski definition) is 0. The van der Waals surface area contributed by atoms with Gasteiger partial charge in [-0.15, -0.1) is 0 Å². The monoisotopic (exact) mass is 545 g/mol. The SMILES string of the molecule is CC(=O)N(C)Cc1ccc2c(c1)CN(C)CC2.CCCC(=O)CN(C)S(=O)(=O)c1c(C)cc(OC)cc1C. The fourth-order valence-electron chi connectivity index (χ4n) is 4.52. The van der Waals surface area contributed by atoms with Gasteiger partial charge < -0.3 is 14.5 Å². The Bertz CT molecular complexity index is 1220. The molecule has 1 heterocycles. The molecule has 9 heteroatoms. The predicted molar refractivity (Wildman–Crippen MR) is 151 cm³/mol. The molecule has 0 aromatic heterocycles. The Balaban J connectivity index is 0.000000272. The van der Waals surface area contributed by atoms with Crippen LogP contribution in [0.3, 0.4) is 0 Å². The van der Waals surface area contributed by atoms with Gasteiger partial charge in [-0.3, -0.25) is 9.59 Å². The molecule has 3 rings (SSSR count). The number of carbonyl (C=O) groups is 2. The number of hydrogen-bond acceptors (Lipinski definition) is 6. The van der Waals surface area contributed by atoms with E-state index in [0.717, 1.165) is 23.8 Å². The van der Waals surface area contributed by atoms with Crippen LogP contribution in [-0.4, -0.2) is 75.6 Å². The second kappa shape index (κ2) is 13.9. The van der Waals surface area contributed by atoms with Gasteiger partial charge in [0.15, 0.2) is 0 Å².